The standard InChI is InChI=1S/C25H30F3N3O4/c1-25(28,16-5-3-6-17(27)11-16)24(35)31-13-15-4-2-7-18(15)21(31)23(34)30-19(20(32)12-26)10-14-8-9-29-22(14)33/h3,5-6,11,14-15,18-19,21H,2,4,7-10,12-13H2,1H3,(H,29,33)(H,30,34). The van der Waals surface area contributed by atoms with Crippen LogP contribution in [-0.2, 0) is 24.8 Å². The summed E-state index contributed by atoms with van der Waals surface area (Å²) in [7, 11) is 0. The van der Waals surface area contributed by atoms with Gasteiger partial charge in [0.1, 0.15) is 18.5 Å². The molecule has 6 unspecified atom stereocenters. The maximum absolute atomic E-state index is 15.8. The van der Waals surface area contributed by atoms with Gasteiger partial charge < -0.3 is 15.5 Å². The first-order chi connectivity index (χ1) is 16.6. The number of hydrogen-bond acceptors (Lipinski definition) is 4. The summed E-state index contributed by atoms with van der Waals surface area (Å²) >= 11 is 0. The Labute approximate surface area is 201 Å². The zero-order chi connectivity index (χ0) is 25.3. The van der Waals surface area contributed by atoms with Crippen molar-refractivity contribution in [2.75, 3.05) is 19.8 Å². The number of nitrogens with one attached hydrogen (secondary N) is 2. The number of alkyl halides is 2. The lowest BCUT2D eigenvalue weighted by Gasteiger charge is -2.33. The summed E-state index contributed by atoms with van der Waals surface area (Å²) in [5.41, 5.74) is -2.73. The third-order valence-corrected chi connectivity index (χ3v) is 7.71. The second-order valence-electron chi connectivity index (χ2n) is 9.94. The van der Waals surface area contributed by atoms with Crippen LogP contribution in [0.25, 0.3) is 0 Å². The largest absolute Gasteiger partial charge is 0.356 e. The lowest BCUT2D eigenvalue weighted by atomic mass is 9.91. The van der Waals surface area contributed by atoms with E-state index in [1.807, 2.05) is 0 Å². The number of hydrogen-bond donors (Lipinski definition) is 2. The molecule has 35 heavy (non-hydrogen) atoms. The summed E-state index contributed by atoms with van der Waals surface area (Å²) in [4.78, 5) is 52.3. The van der Waals surface area contributed by atoms with Crippen LogP contribution in [0.1, 0.15) is 44.6 Å². The molecule has 3 aliphatic rings. The van der Waals surface area contributed by atoms with Crippen molar-refractivity contribution in [3.05, 3.63) is 35.6 Å². The number of Topliss-reactive ketones (excluding diaryl/α,β-unsaturated/α-hetero) is 1. The van der Waals surface area contributed by atoms with E-state index in [1.54, 1.807) is 0 Å². The van der Waals surface area contributed by atoms with Crippen molar-refractivity contribution in [1.29, 1.82) is 0 Å². The second kappa shape index (κ2) is 9.99. The Morgan fingerprint density at radius 2 is 2.03 bits per heavy atom. The van der Waals surface area contributed by atoms with Gasteiger partial charge in [-0.2, -0.15) is 0 Å². The number of rotatable bonds is 8. The number of benzene rings is 1. The SMILES string of the molecule is CC(F)(C(=O)N1CC2CCCC2C1C(=O)NC(CC1CCNC1=O)C(=O)CF)c1cccc(F)c1. The Balaban J connectivity index is 1.57. The molecule has 10 heteroatoms. The smallest absolute Gasteiger partial charge is 0.265 e. The molecule has 6 atom stereocenters. The number of carbonyl (C=O) groups excluding carboxylic acids is 4. The van der Waals surface area contributed by atoms with Crippen molar-refractivity contribution in [1.82, 2.24) is 15.5 Å². The maximum Gasteiger partial charge on any atom is 0.265 e. The van der Waals surface area contributed by atoms with Gasteiger partial charge >= 0.3 is 0 Å². The van der Waals surface area contributed by atoms with Gasteiger partial charge in [-0.15, -0.1) is 0 Å². The number of halogens is 3. The minimum absolute atomic E-state index is 0.00561. The van der Waals surface area contributed by atoms with Gasteiger partial charge in [-0.1, -0.05) is 18.6 Å². The molecule has 1 aliphatic carbocycles. The summed E-state index contributed by atoms with van der Waals surface area (Å²) in [6.07, 6.45) is 2.71. The first-order valence-corrected chi connectivity index (χ1v) is 12.1. The molecule has 2 N–H and O–H groups in total. The number of nitrogens with zero attached hydrogens (tertiary/aromatic N) is 1. The predicted octanol–water partition coefficient (Wildman–Crippen LogP) is 2.19. The minimum atomic E-state index is -2.57. The summed E-state index contributed by atoms with van der Waals surface area (Å²) in [5.74, 6) is -4.17. The Hall–Kier alpha value is -2.91. The average molecular weight is 494 g/mol. The van der Waals surface area contributed by atoms with Crippen LogP contribution in [0, 0.1) is 23.6 Å². The highest BCUT2D eigenvalue weighted by Gasteiger charge is 2.53. The van der Waals surface area contributed by atoms with Crippen molar-refractivity contribution < 1.29 is 32.3 Å². The number of likely N-dealkylation sites (tertiary alicyclic amines) is 1. The highest BCUT2D eigenvalue weighted by molar-refractivity contribution is 5.96. The van der Waals surface area contributed by atoms with E-state index in [0.717, 1.165) is 31.9 Å². The van der Waals surface area contributed by atoms with Gasteiger partial charge in [-0.05, 0) is 56.6 Å². The number of carbonyl (C=O) groups is 4. The molecule has 0 bridgehead atoms. The van der Waals surface area contributed by atoms with Gasteiger partial charge in [0.25, 0.3) is 5.91 Å². The van der Waals surface area contributed by atoms with Crippen molar-refractivity contribution in [2.45, 2.75) is 56.8 Å². The Morgan fingerprint density at radius 3 is 2.69 bits per heavy atom. The normalized spacial score (nSPS) is 28.2. The van der Waals surface area contributed by atoms with Crippen LogP contribution in [0.4, 0.5) is 13.2 Å². The van der Waals surface area contributed by atoms with Crippen molar-refractivity contribution >= 4 is 23.5 Å². The summed E-state index contributed by atoms with van der Waals surface area (Å²) in [6.45, 7) is 0.350. The molecule has 1 aromatic rings. The van der Waals surface area contributed by atoms with Gasteiger partial charge in [-0.25, -0.2) is 13.2 Å². The molecule has 2 aliphatic heterocycles. The fraction of sp³-hybridized carbons (Fsp3) is 0.600. The van der Waals surface area contributed by atoms with Crippen LogP contribution >= 0.6 is 0 Å². The van der Waals surface area contributed by atoms with Crippen molar-refractivity contribution in [3.8, 4) is 0 Å². The molecule has 0 spiro atoms. The fourth-order valence-corrected chi connectivity index (χ4v) is 5.80. The van der Waals surface area contributed by atoms with E-state index in [-0.39, 0.29) is 36.3 Å². The fourth-order valence-electron chi connectivity index (χ4n) is 5.80. The number of fused-ring (bicyclic) bond motifs is 1. The molecule has 7 nitrogen and oxygen atoms in total. The molecule has 3 amide bonds. The average Bonchev–Trinajstić information content (AvgIpc) is 3.53. The van der Waals surface area contributed by atoms with Crippen LogP contribution in [-0.4, -0.2) is 60.3 Å². The molecule has 1 saturated carbocycles. The Bertz CT molecular complexity index is 1020. The lowest BCUT2D eigenvalue weighted by Crippen LogP contribution is -2.55. The van der Waals surface area contributed by atoms with Gasteiger partial charge in [-0.3, -0.25) is 19.2 Å². The molecular formula is C25H30F3N3O4. The van der Waals surface area contributed by atoms with Crippen LogP contribution < -0.4 is 10.6 Å². The van der Waals surface area contributed by atoms with Crippen LogP contribution in [0.2, 0.25) is 0 Å². The summed E-state index contributed by atoms with van der Waals surface area (Å²) in [6, 6.07) is 2.46. The number of ketones is 1. The van der Waals surface area contributed by atoms with E-state index in [0.29, 0.717) is 19.4 Å². The Kier molecular flexibility index (Phi) is 7.19. The molecule has 190 valence electrons. The molecule has 2 saturated heterocycles. The summed E-state index contributed by atoms with van der Waals surface area (Å²) in [5, 5.41) is 5.22. The van der Waals surface area contributed by atoms with Gasteiger partial charge in [0.05, 0.1) is 6.04 Å². The number of amides is 3. The van der Waals surface area contributed by atoms with E-state index in [9.17, 15) is 28.0 Å². The molecule has 1 aromatic carbocycles. The van der Waals surface area contributed by atoms with Crippen molar-refractivity contribution in [3.63, 3.8) is 0 Å². The molecule has 0 aromatic heterocycles. The molecule has 4 rings (SSSR count). The third-order valence-electron chi connectivity index (χ3n) is 7.71. The van der Waals surface area contributed by atoms with Gasteiger partial charge in [0.15, 0.2) is 5.78 Å². The summed E-state index contributed by atoms with van der Waals surface area (Å²) < 4.78 is 42.8. The van der Waals surface area contributed by atoms with E-state index < -0.39 is 53.8 Å². The van der Waals surface area contributed by atoms with E-state index in [1.165, 1.54) is 17.0 Å². The van der Waals surface area contributed by atoms with E-state index in [4.69, 9.17) is 0 Å². The highest BCUT2D eigenvalue weighted by atomic mass is 19.1. The topological polar surface area (TPSA) is 95.6 Å². The first kappa shape index (κ1) is 25.2. The third kappa shape index (κ3) is 4.92. The van der Waals surface area contributed by atoms with Crippen LogP contribution in [0.5, 0.6) is 0 Å². The Morgan fingerprint density at radius 1 is 1.26 bits per heavy atom. The molecule has 0 radical (unpaired) electrons. The minimum Gasteiger partial charge on any atom is -0.356 e. The quantitative estimate of drug-likeness (QED) is 0.581. The lowest BCUT2D eigenvalue weighted by molar-refractivity contribution is -0.149. The van der Waals surface area contributed by atoms with Gasteiger partial charge in [0.2, 0.25) is 17.5 Å². The highest BCUT2D eigenvalue weighted by Crippen LogP contribution is 2.44. The first-order valence-electron chi connectivity index (χ1n) is 12.1. The zero-order valence-corrected chi connectivity index (χ0v) is 19.6. The van der Waals surface area contributed by atoms with Crippen LogP contribution in [0.15, 0.2) is 24.3 Å². The molecule has 2 heterocycles. The molecular weight excluding hydrogens is 463 g/mol. The predicted molar refractivity (Wildman–Crippen MR) is 120 cm³/mol. The zero-order valence-electron chi connectivity index (χ0n) is 19.6. The van der Waals surface area contributed by atoms with E-state index >= 15 is 4.39 Å². The monoisotopic (exact) mass is 493 g/mol. The molecule has 3 fully saturated rings. The maximum atomic E-state index is 15.8. The second-order valence-corrected chi connectivity index (χ2v) is 9.94. The van der Waals surface area contributed by atoms with Gasteiger partial charge in [0, 0.05) is 24.6 Å². The van der Waals surface area contributed by atoms with Crippen LogP contribution in [0.3, 0.4) is 0 Å². The van der Waals surface area contributed by atoms with E-state index in [2.05, 4.69) is 10.6 Å². The van der Waals surface area contributed by atoms with Crippen molar-refractivity contribution in [2.24, 2.45) is 17.8 Å².